The maximum absolute atomic E-state index is 13.9. The molecule has 1 N–H and O–H groups in total. The van der Waals surface area contributed by atoms with Gasteiger partial charge in [0.1, 0.15) is 5.60 Å². The van der Waals surface area contributed by atoms with E-state index in [1.807, 2.05) is 20.8 Å². The van der Waals surface area contributed by atoms with Gasteiger partial charge in [-0.15, -0.1) is 0 Å². The number of rotatable bonds is 2. The fourth-order valence-electron chi connectivity index (χ4n) is 2.33. The van der Waals surface area contributed by atoms with E-state index in [0.717, 1.165) is 0 Å². The molecular weight excluding hydrogens is 327 g/mol. The highest BCUT2D eigenvalue weighted by Crippen LogP contribution is 2.32. The smallest absolute Gasteiger partial charge is 0.311 e. The van der Waals surface area contributed by atoms with Gasteiger partial charge in [0.25, 0.3) is 0 Å². The predicted octanol–water partition coefficient (Wildman–Crippen LogP) is 2.63. The minimum absolute atomic E-state index is 0.255. The van der Waals surface area contributed by atoms with Crippen molar-refractivity contribution in [1.82, 2.24) is 10.3 Å². The van der Waals surface area contributed by atoms with Gasteiger partial charge >= 0.3 is 5.97 Å². The number of hydrogen-bond acceptors (Lipinski definition) is 4. The first-order chi connectivity index (χ1) is 9.28. The first kappa shape index (κ1) is 15.4. The molecule has 1 aliphatic rings. The molecule has 20 heavy (non-hydrogen) atoms. The van der Waals surface area contributed by atoms with Gasteiger partial charge in [-0.1, -0.05) is 0 Å². The predicted molar refractivity (Wildman–Crippen MR) is 76.8 cm³/mol. The van der Waals surface area contributed by atoms with Crippen LogP contribution in [0.1, 0.15) is 32.3 Å². The van der Waals surface area contributed by atoms with Gasteiger partial charge in [-0.25, -0.2) is 4.98 Å². The van der Waals surface area contributed by atoms with Crippen LogP contribution < -0.4 is 5.32 Å². The Kier molecular flexibility index (Phi) is 4.44. The molecule has 0 bridgehead atoms. The van der Waals surface area contributed by atoms with Crippen molar-refractivity contribution < 1.29 is 13.9 Å². The van der Waals surface area contributed by atoms with Crippen molar-refractivity contribution in [1.29, 1.82) is 0 Å². The summed E-state index contributed by atoms with van der Waals surface area (Å²) < 4.78 is 20.0. The molecule has 0 amide bonds. The Morgan fingerprint density at radius 1 is 1.50 bits per heavy atom. The molecule has 1 saturated heterocycles. The van der Waals surface area contributed by atoms with Crippen molar-refractivity contribution >= 4 is 21.9 Å². The zero-order valence-corrected chi connectivity index (χ0v) is 13.3. The quantitative estimate of drug-likeness (QED) is 0.661. The molecular formula is C14H18BrFN2O2. The monoisotopic (exact) mass is 344 g/mol. The highest BCUT2D eigenvalue weighted by Gasteiger charge is 2.38. The molecule has 1 aromatic heterocycles. The Hall–Kier alpha value is -1.01. The lowest BCUT2D eigenvalue weighted by Crippen LogP contribution is -2.32. The van der Waals surface area contributed by atoms with Gasteiger partial charge in [-0.3, -0.25) is 4.79 Å². The van der Waals surface area contributed by atoms with Crippen LogP contribution in [0.15, 0.2) is 16.7 Å². The van der Waals surface area contributed by atoms with E-state index in [-0.39, 0.29) is 17.8 Å². The Morgan fingerprint density at radius 3 is 2.85 bits per heavy atom. The summed E-state index contributed by atoms with van der Waals surface area (Å²) in [5, 5.41) is 3.12. The van der Waals surface area contributed by atoms with Crippen molar-refractivity contribution in [2.75, 3.05) is 13.1 Å². The van der Waals surface area contributed by atoms with Gasteiger partial charge in [0.05, 0.1) is 5.92 Å². The average Bonchev–Trinajstić information content (AvgIpc) is 2.79. The number of aromatic nitrogens is 1. The van der Waals surface area contributed by atoms with Crippen LogP contribution in [-0.2, 0) is 9.53 Å². The molecule has 0 radical (unpaired) electrons. The first-order valence-corrected chi connectivity index (χ1v) is 7.32. The molecule has 1 aliphatic heterocycles. The molecule has 2 atom stereocenters. The van der Waals surface area contributed by atoms with E-state index in [2.05, 4.69) is 26.2 Å². The molecule has 6 heteroatoms. The third-order valence-corrected chi connectivity index (χ3v) is 3.59. The molecule has 0 aliphatic carbocycles. The minimum Gasteiger partial charge on any atom is -0.460 e. The molecule has 4 nitrogen and oxygen atoms in total. The standard InChI is InChI=1S/C14H18BrFN2O2/c1-14(2,3)20-13(19)11-7-17-6-10(11)9-4-8(15)5-18-12(9)16/h4-5,10-11,17H,6-7H2,1-3H3. The summed E-state index contributed by atoms with van der Waals surface area (Å²) in [4.78, 5) is 15.9. The van der Waals surface area contributed by atoms with Crippen LogP contribution >= 0.6 is 15.9 Å². The Bertz CT molecular complexity index is 516. The Balaban J connectivity index is 2.23. The van der Waals surface area contributed by atoms with E-state index in [0.29, 0.717) is 23.1 Å². The van der Waals surface area contributed by atoms with Crippen molar-refractivity contribution in [3.05, 3.63) is 28.2 Å². The van der Waals surface area contributed by atoms with Crippen LogP contribution in [0.2, 0.25) is 0 Å². The molecule has 1 fully saturated rings. The summed E-state index contributed by atoms with van der Waals surface area (Å²) in [7, 11) is 0. The number of nitrogens with zero attached hydrogens (tertiary/aromatic N) is 1. The lowest BCUT2D eigenvalue weighted by Gasteiger charge is -2.24. The first-order valence-electron chi connectivity index (χ1n) is 6.52. The van der Waals surface area contributed by atoms with Crippen LogP contribution in [0.4, 0.5) is 4.39 Å². The van der Waals surface area contributed by atoms with Crippen molar-refractivity contribution in [2.24, 2.45) is 5.92 Å². The zero-order chi connectivity index (χ0) is 14.9. The van der Waals surface area contributed by atoms with Crippen molar-refractivity contribution in [2.45, 2.75) is 32.3 Å². The van der Waals surface area contributed by atoms with Crippen molar-refractivity contribution in [3.8, 4) is 0 Å². The number of ether oxygens (including phenoxy) is 1. The lowest BCUT2D eigenvalue weighted by molar-refractivity contribution is -0.159. The number of halogens is 2. The third-order valence-electron chi connectivity index (χ3n) is 3.16. The van der Waals surface area contributed by atoms with Crippen LogP contribution in [0.25, 0.3) is 0 Å². The fourth-order valence-corrected chi connectivity index (χ4v) is 2.68. The third kappa shape index (κ3) is 3.55. The highest BCUT2D eigenvalue weighted by molar-refractivity contribution is 9.10. The van der Waals surface area contributed by atoms with Gasteiger partial charge in [0.2, 0.25) is 5.95 Å². The van der Waals surface area contributed by atoms with Crippen LogP contribution in [0.5, 0.6) is 0 Å². The lowest BCUT2D eigenvalue weighted by atomic mass is 9.89. The van der Waals surface area contributed by atoms with E-state index in [9.17, 15) is 9.18 Å². The van der Waals surface area contributed by atoms with E-state index >= 15 is 0 Å². The summed E-state index contributed by atoms with van der Waals surface area (Å²) in [6, 6.07) is 1.68. The Morgan fingerprint density at radius 2 is 2.20 bits per heavy atom. The highest BCUT2D eigenvalue weighted by atomic mass is 79.9. The van der Waals surface area contributed by atoms with Crippen LogP contribution in [-0.4, -0.2) is 29.6 Å². The second-order valence-electron chi connectivity index (χ2n) is 5.94. The minimum atomic E-state index is -0.543. The van der Waals surface area contributed by atoms with Crippen LogP contribution in [0.3, 0.4) is 0 Å². The van der Waals surface area contributed by atoms with E-state index in [1.54, 1.807) is 6.07 Å². The van der Waals surface area contributed by atoms with Gasteiger partial charge in [-0.2, -0.15) is 4.39 Å². The molecule has 0 saturated carbocycles. The summed E-state index contributed by atoms with van der Waals surface area (Å²) in [5.74, 6) is -1.47. The van der Waals surface area contributed by atoms with Crippen LogP contribution in [0, 0.1) is 11.9 Å². The normalized spacial score (nSPS) is 22.9. The second kappa shape index (κ2) is 5.77. The van der Waals surface area contributed by atoms with Gasteiger partial charge < -0.3 is 10.1 Å². The van der Waals surface area contributed by atoms with Gasteiger partial charge in [0, 0.05) is 35.2 Å². The maximum Gasteiger partial charge on any atom is 0.311 e. The van der Waals surface area contributed by atoms with E-state index in [1.165, 1.54) is 6.20 Å². The second-order valence-corrected chi connectivity index (χ2v) is 6.85. The summed E-state index contributed by atoms with van der Waals surface area (Å²) in [6.45, 7) is 6.50. The number of carbonyl (C=O) groups excluding carboxylic acids is 1. The topological polar surface area (TPSA) is 51.2 Å². The van der Waals surface area contributed by atoms with Gasteiger partial charge in [0.15, 0.2) is 0 Å². The van der Waals surface area contributed by atoms with E-state index in [4.69, 9.17) is 4.74 Å². The average molecular weight is 345 g/mol. The number of hydrogen-bond donors (Lipinski definition) is 1. The van der Waals surface area contributed by atoms with Crippen molar-refractivity contribution in [3.63, 3.8) is 0 Å². The molecule has 2 unspecified atom stereocenters. The molecule has 0 aromatic carbocycles. The molecule has 2 heterocycles. The molecule has 0 spiro atoms. The zero-order valence-electron chi connectivity index (χ0n) is 11.7. The number of pyridine rings is 1. The summed E-state index contributed by atoms with van der Waals surface area (Å²) in [6.07, 6.45) is 1.41. The Labute approximate surface area is 126 Å². The largest absolute Gasteiger partial charge is 0.460 e. The fraction of sp³-hybridized carbons (Fsp3) is 0.571. The SMILES string of the molecule is CC(C)(C)OC(=O)C1CNCC1c1cc(Br)cnc1F. The maximum atomic E-state index is 13.9. The number of esters is 1. The number of carbonyl (C=O) groups is 1. The molecule has 1 aromatic rings. The number of nitrogens with one attached hydrogen (secondary N) is 1. The van der Waals surface area contributed by atoms with E-state index < -0.39 is 11.5 Å². The summed E-state index contributed by atoms with van der Waals surface area (Å²) in [5.41, 5.74) is -0.0987. The summed E-state index contributed by atoms with van der Waals surface area (Å²) >= 11 is 3.28. The van der Waals surface area contributed by atoms with Gasteiger partial charge in [-0.05, 0) is 42.8 Å². The molecule has 2 rings (SSSR count). The molecule has 110 valence electrons.